The monoisotopic (exact) mass is 362 g/mol. The van der Waals surface area contributed by atoms with E-state index in [9.17, 15) is 17.6 Å². The molecule has 1 aliphatic rings. The van der Waals surface area contributed by atoms with Crippen molar-refractivity contribution in [1.82, 2.24) is 0 Å². The van der Waals surface area contributed by atoms with Crippen molar-refractivity contribution in [1.29, 1.82) is 0 Å². The highest BCUT2D eigenvalue weighted by atomic mass is 32.2. The van der Waals surface area contributed by atoms with Gasteiger partial charge in [0.05, 0.1) is 10.6 Å². The number of carbonyl (C=O) groups excluding carboxylic acids is 1. The van der Waals surface area contributed by atoms with E-state index in [0.29, 0.717) is 5.92 Å². The number of nitrogens with one attached hydrogen (secondary N) is 1. The minimum Gasteiger partial charge on any atom is -0.320 e. The molecule has 0 spiro atoms. The molecule has 0 radical (unpaired) electrons. The van der Waals surface area contributed by atoms with Crippen LogP contribution in [0.25, 0.3) is 0 Å². The quantitative estimate of drug-likeness (QED) is 0.905. The number of amides is 1. The molecule has 132 valence electrons. The standard InChI is InChI=1S/C18H19FN2O3S/c1-3-12(2)13-7-9-14(10-8-13)25(23,24)21-11-17(22)20-18-15(19)5-4-6-16(18)21/h4-10,12H,3,11H2,1-2H3,(H,20,22). The average molecular weight is 362 g/mol. The minimum atomic E-state index is -3.97. The summed E-state index contributed by atoms with van der Waals surface area (Å²) in [6.07, 6.45) is 0.949. The van der Waals surface area contributed by atoms with E-state index in [-0.39, 0.29) is 22.8 Å². The Kier molecular flexibility index (Phi) is 4.51. The van der Waals surface area contributed by atoms with E-state index in [2.05, 4.69) is 19.2 Å². The van der Waals surface area contributed by atoms with Gasteiger partial charge < -0.3 is 5.32 Å². The van der Waals surface area contributed by atoms with Gasteiger partial charge in [0.2, 0.25) is 5.91 Å². The molecule has 1 amide bonds. The van der Waals surface area contributed by atoms with Crippen molar-refractivity contribution in [3.8, 4) is 0 Å². The molecular formula is C18H19FN2O3S. The van der Waals surface area contributed by atoms with Gasteiger partial charge in [-0.1, -0.05) is 32.0 Å². The van der Waals surface area contributed by atoms with Crippen molar-refractivity contribution in [2.24, 2.45) is 0 Å². The normalized spacial score (nSPS) is 15.5. The van der Waals surface area contributed by atoms with E-state index in [1.807, 2.05) is 0 Å². The molecule has 0 bridgehead atoms. The summed E-state index contributed by atoms with van der Waals surface area (Å²) in [5.74, 6) is -0.914. The zero-order valence-corrected chi connectivity index (χ0v) is 14.8. The maximum atomic E-state index is 14.0. The minimum absolute atomic E-state index is 0.0736. The molecule has 1 unspecified atom stereocenters. The molecule has 1 N–H and O–H groups in total. The van der Waals surface area contributed by atoms with Crippen LogP contribution in [0.2, 0.25) is 0 Å². The Hall–Kier alpha value is -2.41. The predicted molar refractivity (Wildman–Crippen MR) is 94.7 cm³/mol. The van der Waals surface area contributed by atoms with Crippen LogP contribution in [0.1, 0.15) is 31.7 Å². The lowest BCUT2D eigenvalue weighted by Gasteiger charge is -2.30. The van der Waals surface area contributed by atoms with Crippen LogP contribution in [0, 0.1) is 5.82 Å². The van der Waals surface area contributed by atoms with Crippen LogP contribution < -0.4 is 9.62 Å². The first-order chi connectivity index (χ1) is 11.8. The molecule has 0 aromatic heterocycles. The summed E-state index contributed by atoms with van der Waals surface area (Å²) in [7, 11) is -3.97. The molecule has 1 heterocycles. The van der Waals surface area contributed by atoms with Gasteiger partial charge in [0.1, 0.15) is 18.0 Å². The molecule has 0 aliphatic carbocycles. The van der Waals surface area contributed by atoms with Crippen molar-refractivity contribution in [3.63, 3.8) is 0 Å². The van der Waals surface area contributed by atoms with Gasteiger partial charge in [-0.2, -0.15) is 0 Å². The fourth-order valence-electron chi connectivity index (χ4n) is 2.78. The SMILES string of the molecule is CCC(C)c1ccc(S(=O)(=O)N2CC(=O)Nc3c(F)cccc32)cc1. The molecule has 1 atom stereocenters. The second-order valence-electron chi connectivity index (χ2n) is 6.07. The number of fused-ring (bicyclic) bond motifs is 1. The van der Waals surface area contributed by atoms with Gasteiger partial charge in [0, 0.05) is 0 Å². The summed E-state index contributed by atoms with van der Waals surface area (Å²) < 4.78 is 40.9. The lowest BCUT2D eigenvalue weighted by Crippen LogP contribution is -2.42. The van der Waals surface area contributed by atoms with Crippen molar-refractivity contribution in [3.05, 3.63) is 53.8 Å². The highest BCUT2D eigenvalue weighted by Crippen LogP contribution is 2.35. The summed E-state index contributed by atoms with van der Waals surface area (Å²) in [5, 5.41) is 2.39. The van der Waals surface area contributed by atoms with Gasteiger partial charge in [-0.25, -0.2) is 12.8 Å². The molecule has 1 aliphatic heterocycles. The molecule has 0 saturated carbocycles. The number of carbonyl (C=O) groups is 1. The number of anilines is 2. The van der Waals surface area contributed by atoms with E-state index in [1.165, 1.54) is 30.3 Å². The number of nitrogens with zero attached hydrogens (tertiary/aromatic N) is 1. The summed E-state index contributed by atoms with van der Waals surface area (Å²) in [5.41, 5.74) is 1.06. The van der Waals surface area contributed by atoms with E-state index < -0.39 is 21.7 Å². The van der Waals surface area contributed by atoms with Crippen molar-refractivity contribution >= 4 is 27.3 Å². The van der Waals surface area contributed by atoms with Crippen LogP contribution in [0.4, 0.5) is 15.8 Å². The zero-order valence-electron chi connectivity index (χ0n) is 14.0. The second kappa shape index (κ2) is 6.48. The largest absolute Gasteiger partial charge is 0.320 e. The fraction of sp³-hybridized carbons (Fsp3) is 0.278. The van der Waals surface area contributed by atoms with Crippen LogP contribution >= 0.6 is 0 Å². The van der Waals surface area contributed by atoms with Crippen molar-refractivity contribution < 1.29 is 17.6 Å². The van der Waals surface area contributed by atoms with Gasteiger partial charge in [-0.05, 0) is 42.2 Å². The highest BCUT2D eigenvalue weighted by molar-refractivity contribution is 7.92. The van der Waals surface area contributed by atoms with Gasteiger partial charge in [0.15, 0.2) is 0 Å². The first-order valence-corrected chi connectivity index (χ1v) is 9.49. The molecule has 2 aromatic carbocycles. The Morgan fingerprint density at radius 2 is 1.88 bits per heavy atom. The van der Waals surface area contributed by atoms with E-state index in [0.717, 1.165) is 16.3 Å². The van der Waals surface area contributed by atoms with Crippen LogP contribution in [-0.4, -0.2) is 20.9 Å². The number of para-hydroxylation sites is 1. The molecular weight excluding hydrogens is 343 g/mol. The van der Waals surface area contributed by atoms with Crippen LogP contribution in [-0.2, 0) is 14.8 Å². The van der Waals surface area contributed by atoms with Crippen molar-refractivity contribution in [2.75, 3.05) is 16.2 Å². The molecule has 5 nitrogen and oxygen atoms in total. The zero-order chi connectivity index (χ0) is 18.2. The Labute approximate surface area is 146 Å². The van der Waals surface area contributed by atoms with Crippen molar-refractivity contribution in [2.45, 2.75) is 31.1 Å². The average Bonchev–Trinajstić information content (AvgIpc) is 2.61. The van der Waals surface area contributed by atoms with E-state index in [1.54, 1.807) is 12.1 Å². The lowest BCUT2D eigenvalue weighted by atomic mass is 9.99. The Morgan fingerprint density at radius 1 is 1.20 bits per heavy atom. The topological polar surface area (TPSA) is 66.5 Å². The third-order valence-corrected chi connectivity index (χ3v) is 6.24. The molecule has 2 aromatic rings. The Bertz CT molecular complexity index is 910. The Morgan fingerprint density at radius 3 is 2.52 bits per heavy atom. The number of hydrogen-bond acceptors (Lipinski definition) is 3. The third-order valence-electron chi connectivity index (χ3n) is 4.46. The van der Waals surface area contributed by atoms with Crippen LogP contribution in [0.5, 0.6) is 0 Å². The first-order valence-electron chi connectivity index (χ1n) is 8.05. The molecule has 0 saturated heterocycles. The lowest BCUT2D eigenvalue weighted by molar-refractivity contribution is -0.115. The molecule has 7 heteroatoms. The van der Waals surface area contributed by atoms with Gasteiger partial charge >= 0.3 is 0 Å². The Balaban J connectivity index is 2.04. The van der Waals surface area contributed by atoms with Gasteiger partial charge in [0.25, 0.3) is 10.0 Å². The summed E-state index contributed by atoms with van der Waals surface area (Å²) >= 11 is 0. The van der Waals surface area contributed by atoms with E-state index in [4.69, 9.17) is 0 Å². The van der Waals surface area contributed by atoms with Crippen LogP contribution in [0.15, 0.2) is 47.4 Å². The number of halogens is 1. The van der Waals surface area contributed by atoms with Gasteiger partial charge in [-0.3, -0.25) is 9.10 Å². The van der Waals surface area contributed by atoms with E-state index >= 15 is 0 Å². The number of benzene rings is 2. The summed E-state index contributed by atoms with van der Waals surface area (Å²) in [4.78, 5) is 11.9. The molecule has 3 rings (SSSR count). The third kappa shape index (κ3) is 3.11. The highest BCUT2D eigenvalue weighted by Gasteiger charge is 2.33. The molecule has 25 heavy (non-hydrogen) atoms. The predicted octanol–water partition coefficient (Wildman–Crippen LogP) is 3.49. The maximum absolute atomic E-state index is 14.0. The smallest absolute Gasteiger partial charge is 0.264 e. The summed E-state index contributed by atoms with van der Waals surface area (Å²) in [6.45, 7) is 3.75. The maximum Gasteiger partial charge on any atom is 0.264 e. The second-order valence-corrected chi connectivity index (χ2v) is 7.93. The number of rotatable bonds is 4. The van der Waals surface area contributed by atoms with Crippen LogP contribution in [0.3, 0.4) is 0 Å². The molecule has 0 fully saturated rings. The first kappa shape index (κ1) is 17.4. The number of sulfonamides is 1. The number of hydrogen-bond donors (Lipinski definition) is 1. The summed E-state index contributed by atoms with van der Waals surface area (Å²) in [6, 6.07) is 10.7. The fourth-order valence-corrected chi connectivity index (χ4v) is 4.22. The van der Waals surface area contributed by atoms with Gasteiger partial charge in [-0.15, -0.1) is 0 Å².